The van der Waals surface area contributed by atoms with Gasteiger partial charge in [0, 0.05) is 11.9 Å². The number of carbonyl (C=O) groups excluding carboxylic acids is 1. The minimum atomic E-state index is -0.251. The SMILES string of the molecule is CCNc1cnc(C(=O)NCc2cscn2)cn1. The number of nitrogens with one attached hydrogen (secondary N) is 2. The molecule has 0 aliphatic rings. The molecule has 0 saturated carbocycles. The van der Waals surface area contributed by atoms with Gasteiger partial charge in [-0.05, 0) is 6.92 Å². The van der Waals surface area contributed by atoms with Crippen LogP contribution in [-0.4, -0.2) is 27.4 Å². The summed E-state index contributed by atoms with van der Waals surface area (Å²) in [6.07, 6.45) is 3.00. The highest BCUT2D eigenvalue weighted by molar-refractivity contribution is 7.07. The molecule has 2 heterocycles. The quantitative estimate of drug-likeness (QED) is 0.849. The van der Waals surface area contributed by atoms with Crippen molar-refractivity contribution >= 4 is 23.1 Å². The molecule has 2 rings (SSSR count). The van der Waals surface area contributed by atoms with Crippen LogP contribution in [0, 0.1) is 0 Å². The number of hydrogen-bond donors (Lipinski definition) is 2. The highest BCUT2D eigenvalue weighted by atomic mass is 32.1. The molecule has 18 heavy (non-hydrogen) atoms. The molecule has 0 spiro atoms. The summed E-state index contributed by atoms with van der Waals surface area (Å²) in [5.41, 5.74) is 2.87. The second-order valence-electron chi connectivity index (χ2n) is 3.48. The van der Waals surface area contributed by atoms with Crippen LogP contribution >= 0.6 is 11.3 Å². The van der Waals surface area contributed by atoms with Gasteiger partial charge in [0.25, 0.3) is 5.91 Å². The highest BCUT2D eigenvalue weighted by Gasteiger charge is 2.07. The standard InChI is InChI=1S/C11H13N5OS/c1-2-12-10-5-13-9(4-14-10)11(17)15-3-8-6-18-7-16-8/h4-7H,2-3H2,1H3,(H,12,14)(H,15,17). The van der Waals surface area contributed by atoms with Crippen molar-refractivity contribution in [1.29, 1.82) is 0 Å². The minimum Gasteiger partial charge on any atom is -0.369 e. The Labute approximate surface area is 109 Å². The summed E-state index contributed by atoms with van der Waals surface area (Å²) in [5.74, 6) is 0.409. The fourth-order valence-corrected chi connectivity index (χ4v) is 1.86. The zero-order valence-electron chi connectivity index (χ0n) is 9.88. The van der Waals surface area contributed by atoms with E-state index in [4.69, 9.17) is 0 Å². The van der Waals surface area contributed by atoms with Crippen molar-refractivity contribution in [3.8, 4) is 0 Å². The molecule has 2 aromatic rings. The average molecular weight is 263 g/mol. The van der Waals surface area contributed by atoms with Crippen LogP contribution in [0.25, 0.3) is 0 Å². The van der Waals surface area contributed by atoms with Gasteiger partial charge in [-0.25, -0.2) is 15.0 Å². The van der Waals surface area contributed by atoms with Crippen molar-refractivity contribution in [2.24, 2.45) is 0 Å². The Balaban J connectivity index is 1.92. The maximum atomic E-state index is 11.8. The van der Waals surface area contributed by atoms with E-state index in [1.165, 1.54) is 17.5 Å². The van der Waals surface area contributed by atoms with Crippen LogP contribution in [-0.2, 0) is 6.54 Å². The lowest BCUT2D eigenvalue weighted by atomic mass is 10.4. The van der Waals surface area contributed by atoms with Crippen molar-refractivity contribution in [3.63, 3.8) is 0 Å². The van der Waals surface area contributed by atoms with Crippen molar-refractivity contribution in [2.45, 2.75) is 13.5 Å². The molecule has 0 aliphatic heterocycles. The lowest BCUT2D eigenvalue weighted by molar-refractivity contribution is 0.0945. The fraction of sp³-hybridized carbons (Fsp3) is 0.273. The molecular formula is C11H13N5OS. The first-order chi connectivity index (χ1) is 8.79. The zero-order chi connectivity index (χ0) is 12.8. The molecule has 0 unspecified atom stereocenters. The predicted octanol–water partition coefficient (Wildman–Crippen LogP) is 1.29. The number of hydrogen-bond acceptors (Lipinski definition) is 6. The Morgan fingerprint density at radius 2 is 2.22 bits per heavy atom. The summed E-state index contributed by atoms with van der Waals surface area (Å²) in [6.45, 7) is 3.14. The number of nitrogens with zero attached hydrogens (tertiary/aromatic N) is 3. The maximum Gasteiger partial charge on any atom is 0.271 e. The molecule has 2 N–H and O–H groups in total. The third-order valence-electron chi connectivity index (χ3n) is 2.16. The Morgan fingerprint density at radius 3 is 2.83 bits per heavy atom. The van der Waals surface area contributed by atoms with Gasteiger partial charge in [0.05, 0.1) is 30.1 Å². The molecule has 0 radical (unpaired) electrons. The summed E-state index contributed by atoms with van der Waals surface area (Å²) in [5, 5.41) is 7.64. The molecule has 7 heteroatoms. The van der Waals surface area contributed by atoms with E-state index in [0.29, 0.717) is 18.1 Å². The van der Waals surface area contributed by atoms with Crippen LogP contribution in [0.3, 0.4) is 0 Å². The van der Waals surface area contributed by atoms with Gasteiger partial charge < -0.3 is 10.6 Å². The molecule has 0 aromatic carbocycles. The van der Waals surface area contributed by atoms with Gasteiger partial charge in [0.2, 0.25) is 0 Å². The smallest absolute Gasteiger partial charge is 0.271 e. The number of amides is 1. The summed E-state index contributed by atoms with van der Waals surface area (Å²) >= 11 is 1.50. The molecular weight excluding hydrogens is 250 g/mol. The van der Waals surface area contributed by atoms with Gasteiger partial charge in [-0.2, -0.15) is 0 Å². The second kappa shape index (κ2) is 6.06. The van der Waals surface area contributed by atoms with E-state index in [-0.39, 0.29) is 5.91 Å². The Morgan fingerprint density at radius 1 is 1.33 bits per heavy atom. The molecule has 0 aliphatic carbocycles. The average Bonchev–Trinajstić information content (AvgIpc) is 2.90. The third-order valence-corrected chi connectivity index (χ3v) is 2.79. The topological polar surface area (TPSA) is 79.8 Å². The molecule has 2 aromatic heterocycles. The summed E-state index contributed by atoms with van der Waals surface area (Å²) < 4.78 is 0. The van der Waals surface area contributed by atoms with E-state index in [0.717, 1.165) is 12.2 Å². The van der Waals surface area contributed by atoms with Gasteiger partial charge in [-0.1, -0.05) is 0 Å². The van der Waals surface area contributed by atoms with E-state index in [2.05, 4.69) is 25.6 Å². The Bertz CT molecular complexity index is 497. The summed E-state index contributed by atoms with van der Waals surface area (Å²) in [7, 11) is 0. The van der Waals surface area contributed by atoms with Crippen LogP contribution in [0.5, 0.6) is 0 Å². The predicted molar refractivity (Wildman–Crippen MR) is 69.5 cm³/mol. The van der Waals surface area contributed by atoms with Crippen LogP contribution < -0.4 is 10.6 Å². The van der Waals surface area contributed by atoms with E-state index in [1.54, 1.807) is 11.7 Å². The highest BCUT2D eigenvalue weighted by Crippen LogP contribution is 2.02. The second-order valence-corrected chi connectivity index (χ2v) is 4.20. The first-order valence-corrected chi connectivity index (χ1v) is 6.45. The van der Waals surface area contributed by atoms with Crippen LogP contribution in [0.15, 0.2) is 23.3 Å². The molecule has 0 saturated heterocycles. The molecule has 0 atom stereocenters. The van der Waals surface area contributed by atoms with E-state index in [9.17, 15) is 4.79 Å². The Hall–Kier alpha value is -2.02. The van der Waals surface area contributed by atoms with Crippen molar-refractivity contribution in [3.05, 3.63) is 34.7 Å². The van der Waals surface area contributed by atoms with Crippen molar-refractivity contribution < 1.29 is 4.79 Å². The first kappa shape index (κ1) is 12.4. The van der Waals surface area contributed by atoms with Gasteiger partial charge in [-0.15, -0.1) is 11.3 Å². The number of rotatable bonds is 5. The van der Waals surface area contributed by atoms with E-state index < -0.39 is 0 Å². The van der Waals surface area contributed by atoms with Gasteiger partial charge in [0.1, 0.15) is 11.5 Å². The van der Waals surface area contributed by atoms with E-state index in [1.807, 2.05) is 12.3 Å². The van der Waals surface area contributed by atoms with Crippen LogP contribution in [0.2, 0.25) is 0 Å². The van der Waals surface area contributed by atoms with E-state index >= 15 is 0 Å². The van der Waals surface area contributed by atoms with Crippen LogP contribution in [0.1, 0.15) is 23.1 Å². The molecule has 1 amide bonds. The molecule has 6 nitrogen and oxygen atoms in total. The van der Waals surface area contributed by atoms with Crippen LogP contribution in [0.4, 0.5) is 5.82 Å². The fourth-order valence-electron chi connectivity index (χ4n) is 1.30. The van der Waals surface area contributed by atoms with Gasteiger partial charge in [0.15, 0.2) is 0 Å². The third kappa shape index (κ3) is 3.24. The minimum absolute atomic E-state index is 0.251. The van der Waals surface area contributed by atoms with Gasteiger partial charge in [-0.3, -0.25) is 4.79 Å². The van der Waals surface area contributed by atoms with Crippen molar-refractivity contribution in [2.75, 3.05) is 11.9 Å². The lowest BCUT2D eigenvalue weighted by Crippen LogP contribution is -2.24. The lowest BCUT2D eigenvalue weighted by Gasteiger charge is -2.04. The number of anilines is 1. The summed E-state index contributed by atoms with van der Waals surface area (Å²) in [4.78, 5) is 24.0. The molecule has 0 fully saturated rings. The van der Waals surface area contributed by atoms with Gasteiger partial charge >= 0.3 is 0 Å². The normalized spacial score (nSPS) is 10.1. The monoisotopic (exact) mass is 263 g/mol. The largest absolute Gasteiger partial charge is 0.369 e. The Kier molecular flexibility index (Phi) is 4.19. The first-order valence-electron chi connectivity index (χ1n) is 5.50. The number of aromatic nitrogens is 3. The maximum absolute atomic E-state index is 11.8. The van der Waals surface area contributed by atoms with Crippen molar-refractivity contribution in [1.82, 2.24) is 20.3 Å². The molecule has 94 valence electrons. The summed E-state index contributed by atoms with van der Waals surface area (Å²) in [6, 6.07) is 0. The zero-order valence-corrected chi connectivity index (χ0v) is 10.7. The number of carbonyl (C=O) groups is 1. The number of thiazole rings is 1. The molecule has 0 bridgehead atoms.